The molecule has 0 aliphatic rings. The first-order valence-corrected chi connectivity index (χ1v) is 2.68. The Balaban J connectivity index is -0.000000213. The van der Waals surface area contributed by atoms with Crippen LogP contribution in [0.2, 0.25) is 0 Å². The summed E-state index contributed by atoms with van der Waals surface area (Å²) in [4.78, 5) is 0.784. The van der Waals surface area contributed by atoms with Gasteiger partial charge in [-0.05, 0) is 24.3 Å². The summed E-state index contributed by atoms with van der Waals surface area (Å²) in [7, 11) is 0. The quantitative estimate of drug-likeness (QED) is 0.469. The van der Waals surface area contributed by atoms with Crippen LogP contribution in [0.3, 0.4) is 0 Å². The first-order chi connectivity index (χ1) is 3.79. The summed E-state index contributed by atoms with van der Waals surface area (Å²) in [5.41, 5.74) is 0. The molecular weight excluding hydrogens is 180 g/mol. The van der Waals surface area contributed by atoms with E-state index in [0.29, 0.717) is 0 Å². The van der Waals surface area contributed by atoms with Gasteiger partial charge < -0.3 is 0 Å². The van der Waals surface area contributed by atoms with Crippen LogP contribution in [0.25, 0.3) is 0 Å². The maximum Gasteiger partial charge on any atom is 0.123 e. The Labute approximate surface area is 66.9 Å². The van der Waals surface area contributed by atoms with E-state index < -0.39 is 0 Å². The Morgan fingerprint density at radius 3 is 1.55 bits per heavy atom. The summed E-state index contributed by atoms with van der Waals surface area (Å²) in [6.07, 6.45) is 0. The smallest absolute Gasteiger partial charge is 0.123 e. The van der Waals surface area contributed by atoms with E-state index in [1.54, 1.807) is 12.1 Å². The Bertz CT molecular complexity index is 153. The highest BCUT2D eigenvalue weighted by atomic mass is 32.1. The van der Waals surface area contributed by atoms with Crippen LogP contribution < -0.4 is 0 Å². The van der Waals surface area contributed by atoms with Gasteiger partial charge in [0.05, 0.1) is 0 Å². The molecule has 1 rings (SSSR count). The maximum atomic E-state index is 12.1. The molecule has 1 aromatic carbocycles. The van der Waals surface area contributed by atoms with Crippen LogP contribution in [0.1, 0.15) is 0 Å². The number of thiol groups is 1. The van der Waals surface area contributed by atoms with E-state index in [4.69, 9.17) is 0 Å². The summed E-state index contributed by atoms with van der Waals surface area (Å²) in [6, 6.07) is 5.97. The summed E-state index contributed by atoms with van der Waals surface area (Å²) in [6.45, 7) is 0. The largest absolute Gasteiger partial charge is 0.269 e. The van der Waals surface area contributed by atoms with Gasteiger partial charge in [-0.15, -0.1) is 12.6 Å². The minimum Gasteiger partial charge on any atom is -0.269 e. The summed E-state index contributed by atoms with van der Waals surface area (Å²) >= 11 is 3.97. The first kappa shape index (κ1) is 16.7. The first-order valence-electron chi connectivity index (χ1n) is 2.23. The molecule has 0 aliphatic heterocycles. The monoisotopic (exact) mass is 188 g/mol. The van der Waals surface area contributed by atoms with E-state index in [9.17, 15) is 4.39 Å². The molecule has 0 atom stereocenters. The third-order valence-corrected chi connectivity index (χ3v) is 1.12. The zero-order valence-corrected chi connectivity index (χ0v) is 6.25. The summed E-state index contributed by atoms with van der Waals surface area (Å²) < 4.78 is 12.1. The summed E-state index contributed by atoms with van der Waals surface area (Å²) in [5.74, 6) is -0.220. The second kappa shape index (κ2) is 7.40. The fourth-order valence-corrected chi connectivity index (χ4v) is 0.590. The molecule has 0 nitrogen and oxygen atoms in total. The zero-order valence-electron chi connectivity index (χ0n) is 5.36. The number of hydrogen-bond donors (Lipinski definition) is 1. The van der Waals surface area contributed by atoms with Gasteiger partial charge in [-0.2, -0.15) is 0 Å². The van der Waals surface area contributed by atoms with Gasteiger partial charge in [-0.1, -0.05) is 0 Å². The van der Waals surface area contributed by atoms with Crippen LogP contribution in [-0.4, -0.2) is 0 Å². The average Bonchev–Trinajstić information content (AvgIpc) is 1.77. The molecule has 11 heavy (non-hydrogen) atoms. The third kappa shape index (κ3) is 5.72. The lowest BCUT2D eigenvalue weighted by atomic mass is 10.4. The Kier molecular flexibility index (Phi) is 11.2. The predicted octanol–water partition coefficient (Wildman–Crippen LogP) is 2.57. The third-order valence-electron chi connectivity index (χ3n) is 0.827. The van der Waals surface area contributed by atoms with Gasteiger partial charge in [-0.25, -0.2) is 4.39 Å². The van der Waals surface area contributed by atoms with Gasteiger partial charge in [-0.3, -0.25) is 14.1 Å². The number of benzene rings is 1. The molecule has 0 aliphatic carbocycles. The van der Waals surface area contributed by atoms with Gasteiger partial charge in [0.2, 0.25) is 0 Å². The molecule has 0 fully saturated rings. The lowest BCUT2D eigenvalue weighted by Gasteiger charge is -1.86. The van der Waals surface area contributed by atoms with E-state index in [-0.39, 0.29) is 19.9 Å². The van der Waals surface area contributed by atoms with Crippen molar-refractivity contribution < 1.29 is 18.5 Å². The van der Waals surface area contributed by atoms with Gasteiger partial charge in [0, 0.05) is 4.90 Å². The highest BCUT2D eigenvalue weighted by Crippen LogP contribution is 2.04. The molecule has 0 bridgehead atoms. The van der Waals surface area contributed by atoms with E-state index in [2.05, 4.69) is 12.6 Å². The molecule has 0 spiro atoms. The lowest BCUT2D eigenvalue weighted by molar-refractivity contribution is 0.626. The minimum absolute atomic E-state index is 0. The highest BCUT2D eigenvalue weighted by molar-refractivity contribution is 7.80. The minimum atomic E-state index is -0.220. The number of hydrogen-bond acceptors (Lipinski definition) is 1. The van der Waals surface area contributed by atoms with Crippen LogP contribution in [0, 0.1) is 5.82 Å². The molecular formula is C6H8F4S. The van der Waals surface area contributed by atoms with Crippen LogP contribution >= 0.6 is 12.6 Å². The van der Waals surface area contributed by atoms with Gasteiger partial charge >= 0.3 is 0 Å². The van der Waals surface area contributed by atoms with Crippen molar-refractivity contribution in [2.75, 3.05) is 0 Å². The van der Waals surface area contributed by atoms with Crippen LogP contribution in [0.15, 0.2) is 29.2 Å². The average molecular weight is 188 g/mol. The van der Waals surface area contributed by atoms with E-state index in [0.717, 1.165) is 4.90 Å². The normalized spacial score (nSPS) is 6.73. The van der Waals surface area contributed by atoms with Crippen molar-refractivity contribution >= 4 is 12.6 Å². The van der Waals surface area contributed by atoms with Crippen LogP contribution in [-0.2, 0) is 0 Å². The molecule has 0 saturated heterocycles. The van der Waals surface area contributed by atoms with Crippen molar-refractivity contribution in [2.45, 2.75) is 4.90 Å². The SMILES string of the molecule is F.F.F.Fc1ccc(S)cc1. The van der Waals surface area contributed by atoms with Crippen molar-refractivity contribution in [3.05, 3.63) is 30.1 Å². The van der Waals surface area contributed by atoms with Gasteiger partial charge in [0.1, 0.15) is 5.82 Å². The number of halogens is 4. The van der Waals surface area contributed by atoms with E-state index >= 15 is 0 Å². The van der Waals surface area contributed by atoms with E-state index in [1.165, 1.54) is 12.1 Å². The van der Waals surface area contributed by atoms with Crippen molar-refractivity contribution in [3.63, 3.8) is 0 Å². The maximum absolute atomic E-state index is 12.1. The Hall–Kier alpha value is -0.710. The van der Waals surface area contributed by atoms with Crippen LogP contribution in [0.4, 0.5) is 18.5 Å². The molecule has 0 N–H and O–H groups in total. The second-order valence-electron chi connectivity index (χ2n) is 1.48. The molecule has 1 aromatic rings. The highest BCUT2D eigenvalue weighted by Gasteiger charge is 1.84. The molecule has 0 radical (unpaired) electrons. The van der Waals surface area contributed by atoms with Crippen molar-refractivity contribution in [1.82, 2.24) is 0 Å². The molecule has 0 amide bonds. The second-order valence-corrected chi connectivity index (χ2v) is 1.99. The molecule has 66 valence electrons. The molecule has 0 unspecified atom stereocenters. The predicted molar refractivity (Wildman–Crippen MR) is 41.2 cm³/mol. The van der Waals surface area contributed by atoms with E-state index in [1.807, 2.05) is 0 Å². The zero-order chi connectivity index (χ0) is 5.98. The summed E-state index contributed by atoms with van der Waals surface area (Å²) in [5, 5.41) is 0. The molecule has 5 heteroatoms. The Morgan fingerprint density at radius 2 is 1.27 bits per heavy atom. The topological polar surface area (TPSA) is 0 Å². The Morgan fingerprint density at radius 1 is 0.909 bits per heavy atom. The van der Waals surface area contributed by atoms with Crippen LogP contribution in [0.5, 0.6) is 0 Å². The fraction of sp³-hybridized carbons (Fsp3) is 0. The molecule has 0 heterocycles. The van der Waals surface area contributed by atoms with Gasteiger partial charge in [0.15, 0.2) is 0 Å². The number of rotatable bonds is 0. The van der Waals surface area contributed by atoms with Gasteiger partial charge in [0.25, 0.3) is 0 Å². The van der Waals surface area contributed by atoms with Crippen molar-refractivity contribution in [3.8, 4) is 0 Å². The standard InChI is InChI=1S/C6H5FS.3FH/c7-5-1-3-6(8)4-2-5;;;/h1-4,8H;3*1H. The molecule has 0 saturated carbocycles. The van der Waals surface area contributed by atoms with Crippen molar-refractivity contribution in [1.29, 1.82) is 0 Å². The fourth-order valence-electron chi connectivity index (χ4n) is 0.441. The lowest BCUT2D eigenvalue weighted by Crippen LogP contribution is -1.68. The van der Waals surface area contributed by atoms with Crippen molar-refractivity contribution in [2.24, 2.45) is 0 Å². The molecule has 0 aromatic heterocycles.